The molecule has 12 aromatic rings. The van der Waals surface area contributed by atoms with Gasteiger partial charge in [-0.25, -0.2) is 0 Å². The molecule has 0 radical (unpaired) electrons. The lowest BCUT2D eigenvalue weighted by atomic mass is 9.96. The standard InChI is InChI=1S/C62H42N2/c1-2-16-43(17-3-1)47-36-39-62(64-60-32-10-8-28-57(60)58-29-9-11-33-61(58)64)59(42-47)46-34-37-50(38-35-46)63(51-24-12-22-48(40-51)55-30-14-20-44-18-4-6-26-53(44)55)52-25-13-23-49(41-52)56-31-15-21-45-19-5-7-27-54(45)56/h1-42H. The van der Waals surface area contributed by atoms with E-state index in [0.717, 1.165) is 28.3 Å². The zero-order valence-electron chi connectivity index (χ0n) is 35.1. The maximum absolute atomic E-state index is 2.44. The summed E-state index contributed by atoms with van der Waals surface area (Å²) in [5.74, 6) is 0. The number of rotatable bonds is 8. The van der Waals surface area contributed by atoms with Gasteiger partial charge < -0.3 is 9.47 Å². The Kier molecular flexibility index (Phi) is 9.20. The first-order valence-corrected chi connectivity index (χ1v) is 22.0. The average Bonchev–Trinajstić information content (AvgIpc) is 3.71. The molecule has 0 N–H and O–H groups in total. The summed E-state index contributed by atoms with van der Waals surface area (Å²) in [5, 5.41) is 7.45. The van der Waals surface area contributed by atoms with Crippen LogP contribution in [-0.2, 0) is 0 Å². The van der Waals surface area contributed by atoms with E-state index in [2.05, 4.69) is 264 Å². The lowest BCUT2D eigenvalue weighted by Gasteiger charge is -2.27. The van der Waals surface area contributed by atoms with Crippen LogP contribution < -0.4 is 4.90 Å². The smallest absolute Gasteiger partial charge is 0.0541 e. The van der Waals surface area contributed by atoms with Crippen LogP contribution in [0.5, 0.6) is 0 Å². The Bertz CT molecular complexity index is 3490. The molecule has 64 heavy (non-hydrogen) atoms. The molecule has 0 spiro atoms. The van der Waals surface area contributed by atoms with Crippen molar-refractivity contribution in [2.24, 2.45) is 0 Å². The number of aromatic nitrogens is 1. The Morgan fingerprint density at radius 1 is 0.250 bits per heavy atom. The van der Waals surface area contributed by atoms with Crippen molar-refractivity contribution in [3.05, 3.63) is 255 Å². The van der Waals surface area contributed by atoms with Gasteiger partial charge >= 0.3 is 0 Å². The molecule has 2 heteroatoms. The van der Waals surface area contributed by atoms with E-state index >= 15 is 0 Å². The van der Waals surface area contributed by atoms with Crippen molar-refractivity contribution in [2.45, 2.75) is 0 Å². The number of hydrogen-bond donors (Lipinski definition) is 0. The first-order valence-electron chi connectivity index (χ1n) is 22.0. The molecule has 0 saturated carbocycles. The largest absolute Gasteiger partial charge is 0.310 e. The number of hydrogen-bond acceptors (Lipinski definition) is 1. The minimum atomic E-state index is 1.08. The van der Waals surface area contributed by atoms with Crippen LogP contribution in [0.15, 0.2) is 255 Å². The Hall–Kier alpha value is -8.46. The molecule has 0 saturated heterocycles. The molecule has 12 rings (SSSR count). The molecule has 300 valence electrons. The highest BCUT2D eigenvalue weighted by Crippen LogP contribution is 2.43. The van der Waals surface area contributed by atoms with E-state index in [-0.39, 0.29) is 0 Å². The van der Waals surface area contributed by atoms with Gasteiger partial charge in [-0.3, -0.25) is 0 Å². The van der Waals surface area contributed by atoms with Crippen molar-refractivity contribution in [2.75, 3.05) is 4.90 Å². The SMILES string of the molecule is c1ccc(-c2ccc(-n3c4ccccc4c4ccccc43)c(-c3ccc(N(c4cccc(-c5cccc6ccccc56)c4)c4cccc(-c5cccc6ccccc56)c4)cc3)c2)cc1. The fourth-order valence-corrected chi connectivity index (χ4v) is 9.77. The zero-order valence-corrected chi connectivity index (χ0v) is 35.1. The van der Waals surface area contributed by atoms with Crippen molar-refractivity contribution in [1.29, 1.82) is 0 Å². The van der Waals surface area contributed by atoms with Crippen LogP contribution in [0.3, 0.4) is 0 Å². The van der Waals surface area contributed by atoms with Gasteiger partial charge in [0, 0.05) is 33.4 Å². The van der Waals surface area contributed by atoms with E-state index in [9.17, 15) is 0 Å². The van der Waals surface area contributed by atoms with Gasteiger partial charge in [-0.05, 0) is 121 Å². The second-order valence-electron chi connectivity index (χ2n) is 16.5. The Morgan fingerprint density at radius 3 is 1.28 bits per heavy atom. The number of para-hydroxylation sites is 2. The van der Waals surface area contributed by atoms with Gasteiger partial charge in [-0.15, -0.1) is 0 Å². The summed E-state index contributed by atoms with van der Waals surface area (Å²) in [6, 6.07) is 92.8. The highest BCUT2D eigenvalue weighted by molar-refractivity contribution is 6.10. The lowest BCUT2D eigenvalue weighted by Crippen LogP contribution is -2.10. The first-order chi connectivity index (χ1) is 31.7. The third-order valence-electron chi connectivity index (χ3n) is 12.8. The van der Waals surface area contributed by atoms with Crippen LogP contribution in [0.1, 0.15) is 0 Å². The normalized spacial score (nSPS) is 11.4. The van der Waals surface area contributed by atoms with Crippen LogP contribution >= 0.6 is 0 Å². The third-order valence-corrected chi connectivity index (χ3v) is 12.8. The number of nitrogens with zero attached hydrogens (tertiary/aromatic N) is 2. The van der Waals surface area contributed by atoms with Crippen molar-refractivity contribution >= 4 is 60.4 Å². The van der Waals surface area contributed by atoms with Crippen molar-refractivity contribution in [3.63, 3.8) is 0 Å². The third kappa shape index (κ3) is 6.52. The topological polar surface area (TPSA) is 8.17 Å². The molecule has 2 nitrogen and oxygen atoms in total. The Balaban J connectivity index is 1.04. The molecule has 0 amide bonds. The predicted molar refractivity (Wildman–Crippen MR) is 272 cm³/mol. The molecule has 1 heterocycles. The van der Waals surface area contributed by atoms with Crippen LogP contribution in [0.25, 0.3) is 93.5 Å². The van der Waals surface area contributed by atoms with Crippen molar-refractivity contribution in [3.8, 4) is 50.2 Å². The molecular formula is C62H42N2. The second-order valence-corrected chi connectivity index (χ2v) is 16.5. The van der Waals surface area contributed by atoms with Crippen molar-refractivity contribution in [1.82, 2.24) is 4.57 Å². The first kappa shape index (κ1) is 37.3. The van der Waals surface area contributed by atoms with Gasteiger partial charge in [0.25, 0.3) is 0 Å². The van der Waals surface area contributed by atoms with Crippen LogP contribution in [-0.4, -0.2) is 4.57 Å². The van der Waals surface area contributed by atoms with E-state index in [4.69, 9.17) is 0 Å². The fraction of sp³-hybridized carbons (Fsp3) is 0. The summed E-state index contributed by atoms with van der Waals surface area (Å²) in [6.45, 7) is 0. The van der Waals surface area contributed by atoms with Gasteiger partial charge in [0.2, 0.25) is 0 Å². The minimum absolute atomic E-state index is 1.08. The van der Waals surface area contributed by atoms with E-state index < -0.39 is 0 Å². The molecule has 0 aliphatic heterocycles. The summed E-state index contributed by atoms with van der Waals surface area (Å²) < 4.78 is 2.44. The fourth-order valence-electron chi connectivity index (χ4n) is 9.77. The molecule has 0 unspecified atom stereocenters. The average molecular weight is 815 g/mol. The molecular weight excluding hydrogens is 773 g/mol. The van der Waals surface area contributed by atoms with Gasteiger partial charge in [-0.1, -0.05) is 194 Å². The van der Waals surface area contributed by atoms with Gasteiger partial charge in [0.15, 0.2) is 0 Å². The van der Waals surface area contributed by atoms with Crippen LogP contribution in [0, 0.1) is 0 Å². The van der Waals surface area contributed by atoms with Gasteiger partial charge in [0.1, 0.15) is 0 Å². The van der Waals surface area contributed by atoms with E-state index in [1.54, 1.807) is 0 Å². The maximum atomic E-state index is 2.44. The van der Waals surface area contributed by atoms with Gasteiger partial charge in [-0.2, -0.15) is 0 Å². The van der Waals surface area contributed by atoms with E-state index in [1.165, 1.54) is 82.3 Å². The van der Waals surface area contributed by atoms with Crippen molar-refractivity contribution < 1.29 is 0 Å². The molecule has 11 aromatic carbocycles. The summed E-state index contributed by atoms with van der Waals surface area (Å²) in [4.78, 5) is 2.40. The predicted octanol–water partition coefficient (Wildman–Crippen LogP) is 17.2. The molecule has 0 fully saturated rings. The molecule has 0 aliphatic carbocycles. The molecule has 1 aromatic heterocycles. The zero-order chi connectivity index (χ0) is 42.4. The Morgan fingerprint density at radius 2 is 0.703 bits per heavy atom. The van der Waals surface area contributed by atoms with E-state index in [1.807, 2.05) is 0 Å². The van der Waals surface area contributed by atoms with Gasteiger partial charge in [0.05, 0.1) is 16.7 Å². The number of fused-ring (bicyclic) bond motifs is 5. The molecule has 0 bridgehead atoms. The second kappa shape index (κ2) is 15.8. The highest BCUT2D eigenvalue weighted by Gasteiger charge is 2.19. The summed E-state index contributed by atoms with van der Waals surface area (Å²) in [7, 11) is 0. The Labute approximate surface area is 373 Å². The van der Waals surface area contributed by atoms with Crippen LogP contribution in [0.4, 0.5) is 17.1 Å². The molecule has 0 atom stereocenters. The lowest BCUT2D eigenvalue weighted by molar-refractivity contribution is 1.18. The number of benzene rings is 11. The molecule has 0 aliphatic rings. The highest BCUT2D eigenvalue weighted by atomic mass is 15.1. The quantitative estimate of drug-likeness (QED) is 0.148. The summed E-state index contributed by atoms with van der Waals surface area (Å²) in [6.07, 6.45) is 0. The monoisotopic (exact) mass is 814 g/mol. The minimum Gasteiger partial charge on any atom is -0.310 e. The van der Waals surface area contributed by atoms with Crippen LogP contribution in [0.2, 0.25) is 0 Å². The maximum Gasteiger partial charge on any atom is 0.0541 e. The summed E-state index contributed by atoms with van der Waals surface area (Å²) in [5.41, 5.74) is 16.3. The number of anilines is 3. The van der Waals surface area contributed by atoms with E-state index in [0.29, 0.717) is 0 Å². The summed E-state index contributed by atoms with van der Waals surface area (Å²) >= 11 is 0.